The van der Waals surface area contributed by atoms with Gasteiger partial charge in [-0.05, 0) is 36.1 Å². The maximum absolute atomic E-state index is 13.8. The number of para-hydroxylation sites is 1. The van der Waals surface area contributed by atoms with E-state index in [1.165, 1.54) is 29.2 Å². The molecule has 260 valence electrons. The molecule has 6 rings (SSSR count). The van der Waals surface area contributed by atoms with E-state index in [1.54, 1.807) is 18.0 Å². The number of hydrogen-bond donors (Lipinski definition) is 3. The maximum Gasteiger partial charge on any atom is 0.255 e. The van der Waals surface area contributed by atoms with Crippen molar-refractivity contribution in [2.75, 3.05) is 40.3 Å². The number of carbonyl (C=O) groups is 5. The molecule has 13 nitrogen and oxygen atoms in total. The van der Waals surface area contributed by atoms with Gasteiger partial charge in [-0.3, -0.25) is 29.0 Å². The van der Waals surface area contributed by atoms with E-state index in [0.29, 0.717) is 18.6 Å². The molecule has 13 heteroatoms. The Labute approximate surface area is 290 Å². The van der Waals surface area contributed by atoms with Crippen LogP contribution in [-0.2, 0) is 32.0 Å². The van der Waals surface area contributed by atoms with Crippen molar-refractivity contribution in [3.63, 3.8) is 0 Å². The summed E-state index contributed by atoms with van der Waals surface area (Å²) in [5.74, 6) is -1.43. The number of aromatic nitrogens is 2. The number of aryl methyl sites for hydroxylation is 1. The molecule has 3 N–H and O–H groups in total. The van der Waals surface area contributed by atoms with E-state index in [-0.39, 0.29) is 68.4 Å². The third-order valence-electron chi connectivity index (χ3n) is 9.20. The van der Waals surface area contributed by atoms with Gasteiger partial charge in [0.25, 0.3) is 5.91 Å². The molecule has 4 heterocycles. The number of fused-ring (bicyclic) bond motifs is 4. The van der Waals surface area contributed by atoms with Crippen LogP contribution in [0.25, 0.3) is 10.9 Å². The fourth-order valence-electron chi connectivity index (χ4n) is 6.59. The highest BCUT2D eigenvalue weighted by Crippen LogP contribution is 2.23. The second kappa shape index (κ2) is 15.2. The number of rotatable bonds is 7. The number of benzene rings is 2. The van der Waals surface area contributed by atoms with Crippen LogP contribution in [-0.4, -0.2) is 113 Å². The molecule has 0 unspecified atom stereocenters. The van der Waals surface area contributed by atoms with Crippen molar-refractivity contribution in [2.24, 2.45) is 0 Å². The lowest BCUT2D eigenvalue weighted by Crippen LogP contribution is -2.55. The molecule has 0 saturated carbocycles. The van der Waals surface area contributed by atoms with Crippen LogP contribution in [0.5, 0.6) is 5.75 Å². The minimum atomic E-state index is -1.10. The van der Waals surface area contributed by atoms with E-state index >= 15 is 0 Å². The first-order chi connectivity index (χ1) is 24.1. The van der Waals surface area contributed by atoms with E-state index in [1.807, 2.05) is 60.8 Å². The van der Waals surface area contributed by atoms with Gasteiger partial charge in [-0.2, -0.15) is 0 Å². The van der Waals surface area contributed by atoms with Crippen molar-refractivity contribution in [1.82, 2.24) is 35.3 Å². The molecule has 2 aromatic carbocycles. The van der Waals surface area contributed by atoms with Gasteiger partial charge in [0.05, 0.1) is 30.8 Å². The van der Waals surface area contributed by atoms with Crippen molar-refractivity contribution in [2.45, 2.75) is 43.8 Å². The molecule has 0 spiro atoms. The van der Waals surface area contributed by atoms with Gasteiger partial charge in [0.1, 0.15) is 18.4 Å². The Balaban J connectivity index is 1.18. The normalized spacial score (nSPS) is 20.2. The molecule has 1 saturated heterocycles. The number of H-pyrrole nitrogens is 1. The molecular formula is C37H41N7O6. The summed E-state index contributed by atoms with van der Waals surface area (Å²) in [4.78, 5) is 78.9. The van der Waals surface area contributed by atoms with Gasteiger partial charge in [0.2, 0.25) is 23.6 Å². The number of nitrogens with one attached hydrogen (secondary N) is 3. The first kappa shape index (κ1) is 34.2. The van der Waals surface area contributed by atoms with Crippen molar-refractivity contribution in [3.05, 3.63) is 95.9 Å². The predicted octanol–water partition coefficient (Wildman–Crippen LogP) is 1.93. The van der Waals surface area contributed by atoms with Gasteiger partial charge in [0, 0.05) is 62.9 Å². The first-order valence-electron chi connectivity index (χ1n) is 16.7. The second-order valence-corrected chi connectivity index (χ2v) is 12.9. The van der Waals surface area contributed by atoms with Crippen molar-refractivity contribution in [1.29, 1.82) is 0 Å². The summed E-state index contributed by atoms with van der Waals surface area (Å²) in [6.45, 7) is -0.0783. The van der Waals surface area contributed by atoms with Crippen LogP contribution >= 0.6 is 0 Å². The van der Waals surface area contributed by atoms with E-state index in [9.17, 15) is 24.0 Å². The maximum atomic E-state index is 13.8. The SMILES string of the molecule is CN1C[C@H](NC(=O)CCc2ccccc2)C(=O)N(C)CC(=O)N2C[C@@H](NC(=O)Cc3c[nH]c4ccccc34)C[C@H]2COc2cncc(c2)C1=O. The van der Waals surface area contributed by atoms with Gasteiger partial charge in [-0.1, -0.05) is 48.5 Å². The predicted molar refractivity (Wildman–Crippen MR) is 185 cm³/mol. The molecular weight excluding hydrogens is 638 g/mol. The van der Waals surface area contributed by atoms with E-state index < -0.39 is 23.9 Å². The molecule has 1 fully saturated rings. The minimum Gasteiger partial charge on any atom is -0.490 e. The summed E-state index contributed by atoms with van der Waals surface area (Å²) in [5, 5.41) is 6.86. The number of aromatic amines is 1. The Hall–Kier alpha value is -5.72. The molecule has 3 atom stereocenters. The molecule has 50 heavy (non-hydrogen) atoms. The van der Waals surface area contributed by atoms with Gasteiger partial charge < -0.3 is 35.1 Å². The van der Waals surface area contributed by atoms with Crippen LogP contribution in [0, 0.1) is 0 Å². The monoisotopic (exact) mass is 679 g/mol. The lowest BCUT2D eigenvalue weighted by Gasteiger charge is -2.30. The van der Waals surface area contributed by atoms with E-state index in [0.717, 1.165) is 22.0 Å². The number of hydrogen-bond acceptors (Lipinski definition) is 7. The zero-order chi connectivity index (χ0) is 35.2. The zero-order valence-electron chi connectivity index (χ0n) is 28.1. The lowest BCUT2D eigenvalue weighted by atomic mass is 10.1. The summed E-state index contributed by atoms with van der Waals surface area (Å²) in [6, 6.07) is 17.0. The molecule has 0 radical (unpaired) electrons. The first-order valence-corrected chi connectivity index (χ1v) is 16.7. The van der Waals surface area contributed by atoms with Crippen LogP contribution < -0.4 is 15.4 Å². The fraction of sp³-hybridized carbons (Fsp3) is 0.351. The Morgan fingerprint density at radius 3 is 2.54 bits per heavy atom. The van der Waals surface area contributed by atoms with Gasteiger partial charge >= 0.3 is 0 Å². The van der Waals surface area contributed by atoms with Gasteiger partial charge in [0.15, 0.2) is 0 Å². The van der Waals surface area contributed by atoms with E-state index in [4.69, 9.17) is 4.74 Å². The summed E-state index contributed by atoms with van der Waals surface area (Å²) in [7, 11) is 3.04. The molecule has 5 amide bonds. The number of carbonyl (C=O) groups excluding carboxylic acids is 5. The minimum absolute atomic E-state index is 0.0908. The van der Waals surface area contributed by atoms with Crippen LogP contribution in [0.15, 0.2) is 79.3 Å². The molecule has 0 aliphatic carbocycles. The Morgan fingerprint density at radius 1 is 0.940 bits per heavy atom. The van der Waals surface area contributed by atoms with Crippen molar-refractivity contribution < 1.29 is 28.7 Å². The summed E-state index contributed by atoms with van der Waals surface area (Å²) < 4.78 is 6.06. The molecule has 2 aliphatic rings. The smallest absolute Gasteiger partial charge is 0.255 e. The Kier molecular flexibility index (Phi) is 10.4. The summed E-state index contributed by atoms with van der Waals surface area (Å²) >= 11 is 0. The number of amides is 5. The molecule has 2 bridgehead atoms. The lowest BCUT2D eigenvalue weighted by molar-refractivity contribution is -0.142. The average Bonchev–Trinajstić information content (AvgIpc) is 3.72. The van der Waals surface area contributed by atoms with Crippen molar-refractivity contribution in [3.8, 4) is 5.75 Å². The van der Waals surface area contributed by atoms with Crippen LogP contribution in [0.4, 0.5) is 0 Å². The van der Waals surface area contributed by atoms with Crippen LogP contribution in [0.2, 0.25) is 0 Å². The highest BCUT2D eigenvalue weighted by molar-refractivity contribution is 5.96. The zero-order valence-corrected chi connectivity index (χ0v) is 28.1. The quantitative estimate of drug-likeness (QED) is 0.270. The second-order valence-electron chi connectivity index (χ2n) is 12.9. The fourth-order valence-corrected chi connectivity index (χ4v) is 6.59. The highest BCUT2D eigenvalue weighted by Gasteiger charge is 2.38. The largest absolute Gasteiger partial charge is 0.490 e. The third-order valence-corrected chi connectivity index (χ3v) is 9.20. The standard InChI is InChI=1S/C37H41N7O6/c1-42-21-32(41-33(45)13-12-24-8-4-3-5-9-24)37(49)43(2)22-35(47)44-20-27(16-28(44)23-50-29-14-26(36(42)48)17-38-19-29)40-34(46)15-25-18-39-31-11-7-6-10-30(25)31/h3-11,14,17-19,27-28,32,39H,12-13,15-16,20-23H2,1-2H3,(H,40,46)(H,41,45)/t27-,28-,32-/m0/s1. The van der Waals surface area contributed by atoms with Gasteiger partial charge in [-0.25, -0.2) is 0 Å². The van der Waals surface area contributed by atoms with Gasteiger partial charge in [-0.15, -0.1) is 0 Å². The Bertz CT molecular complexity index is 1880. The number of pyridine rings is 1. The highest BCUT2D eigenvalue weighted by atomic mass is 16.5. The topological polar surface area (TPSA) is 157 Å². The summed E-state index contributed by atoms with van der Waals surface area (Å²) in [5.41, 5.74) is 3.05. The number of ether oxygens (including phenoxy) is 1. The van der Waals surface area contributed by atoms with E-state index in [2.05, 4.69) is 20.6 Å². The third kappa shape index (κ3) is 8.11. The van der Waals surface area contributed by atoms with Crippen LogP contribution in [0.1, 0.15) is 34.3 Å². The van der Waals surface area contributed by atoms with Crippen molar-refractivity contribution >= 4 is 40.4 Å². The average molecular weight is 680 g/mol. The molecule has 2 aromatic heterocycles. The Morgan fingerprint density at radius 2 is 1.72 bits per heavy atom. The molecule has 4 aromatic rings. The number of nitrogens with zero attached hydrogens (tertiary/aromatic N) is 4. The summed E-state index contributed by atoms with van der Waals surface area (Å²) in [6.07, 6.45) is 5.95. The number of likely N-dealkylation sites (N-methyl/N-ethyl adjacent to an activating group) is 2. The molecule has 2 aliphatic heterocycles. The van der Waals surface area contributed by atoms with Crippen LogP contribution in [0.3, 0.4) is 0 Å².